The molecule has 142 valence electrons. The Bertz CT molecular complexity index is 874. The van der Waals surface area contributed by atoms with Gasteiger partial charge in [-0.1, -0.05) is 30.3 Å². The summed E-state index contributed by atoms with van der Waals surface area (Å²) in [4.78, 5) is 14.6. The Labute approximate surface area is 158 Å². The van der Waals surface area contributed by atoms with E-state index in [-0.39, 0.29) is 12.5 Å². The van der Waals surface area contributed by atoms with E-state index in [0.717, 1.165) is 28.6 Å². The van der Waals surface area contributed by atoms with Crippen LogP contribution in [-0.2, 0) is 16.1 Å². The summed E-state index contributed by atoms with van der Waals surface area (Å²) in [5.74, 6) is 0.888. The highest BCUT2D eigenvalue weighted by atomic mass is 16.5. The third-order valence-electron chi connectivity index (χ3n) is 4.86. The minimum atomic E-state index is -0.0680. The molecule has 2 aliphatic heterocycles. The van der Waals surface area contributed by atoms with Gasteiger partial charge in [-0.15, -0.1) is 0 Å². The number of ether oxygens (including phenoxy) is 1. The van der Waals surface area contributed by atoms with Gasteiger partial charge in [0.05, 0.1) is 49.1 Å². The minimum absolute atomic E-state index is 0.0680. The number of carbonyl (C=O) groups excluding carboxylic acids is 1. The second-order valence-electron chi connectivity index (χ2n) is 6.76. The van der Waals surface area contributed by atoms with Crippen LogP contribution < -0.4 is 16.0 Å². The monoisotopic (exact) mass is 368 g/mol. The van der Waals surface area contributed by atoms with E-state index in [1.165, 1.54) is 5.56 Å². The summed E-state index contributed by atoms with van der Waals surface area (Å²) in [6, 6.07) is 10.2. The van der Waals surface area contributed by atoms with Crippen LogP contribution in [0.25, 0.3) is 0 Å². The molecule has 0 fully saturated rings. The van der Waals surface area contributed by atoms with Gasteiger partial charge >= 0.3 is 0 Å². The van der Waals surface area contributed by atoms with Crippen LogP contribution in [0.1, 0.15) is 17.0 Å². The van der Waals surface area contributed by atoms with Crippen molar-refractivity contribution in [2.24, 2.45) is 0 Å². The van der Waals surface area contributed by atoms with Gasteiger partial charge in [-0.05, 0) is 19.4 Å². The highest BCUT2D eigenvalue weighted by Gasteiger charge is 2.26. The molecular formula is C19H24N6O2. The lowest BCUT2D eigenvalue weighted by atomic mass is 10.2. The molecule has 2 aliphatic rings. The van der Waals surface area contributed by atoms with Crippen molar-refractivity contribution in [2.75, 3.05) is 31.9 Å². The van der Waals surface area contributed by atoms with Gasteiger partial charge in [-0.25, -0.2) is 0 Å². The number of hydrogen-bond donors (Lipinski definition) is 3. The van der Waals surface area contributed by atoms with Gasteiger partial charge in [-0.3, -0.25) is 9.48 Å². The summed E-state index contributed by atoms with van der Waals surface area (Å²) in [6.07, 6.45) is 0. The van der Waals surface area contributed by atoms with E-state index in [1.807, 2.05) is 41.6 Å². The fourth-order valence-corrected chi connectivity index (χ4v) is 3.42. The molecule has 0 saturated carbocycles. The van der Waals surface area contributed by atoms with Crippen LogP contribution in [0.3, 0.4) is 0 Å². The van der Waals surface area contributed by atoms with Crippen LogP contribution in [0.5, 0.6) is 0 Å². The first-order chi connectivity index (χ1) is 13.1. The summed E-state index contributed by atoms with van der Waals surface area (Å²) in [6.45, 7) is 6.44. The molecule has 1 amide bonds. The van der Waals surface area contributed by atoms with Crippen molar-refractivity contribution in [3.63, 3.8) is 0 Å². The Morgan fingerprint density at radius 2 is 2.07 bits per heavy atom. The van der Waals surface area contributed by atoms with Gasteiger partial charge in [0.15, 0.2) is 0 Å². The van der Waals surface area contributed by atoms with Gasteiger partial charge in [0.1, 0.15) is 12.6 Å². The SMILES string of the molecule is Cc1nn(Cc2ccccc2)c(C)c1NC(=O)CN1CNC2=C1COCN2. The molecule has 4 rings (SSSR count). The maximum atomic E-state index is 12.6. The van der Waals surface area contributed by atoms with Crippen LogP contribution in [0, 0.1) is 13.8 Å². The van der Waals surface area contributed by atoms with Crippen molar-refractivity contribution in [1.82, 2.24) is 25.3 Å². The van der Waals surface area contributed by atoms with Gasteiger partial charge in [-0.2, -0.15) is 5.10 Å². The number of benzene rings is 1. The van der Waals surface area contributed by atoms with E-state index in [4.69, 9.17) is 4.74 Å². The first kappa shape index (κ1) is 17.4. The smallest absolute Gasteiger partial charge is 0.244 e. The predicted octanol–water partition coefficient (Wildman–Crippen LogP) is 1.10. The van der Waals surface area contributed by atoms with Crippen LogP contribution in [0.2, 0.25) is 0 Å². The minimum Gasteiger partial charge on any atom is -0.355 e. The molecule has 2 aromatic rings. The molecule has 3 N–H and O–H groups in total. The molecular weight excluding hydrogens is 344 g/mol. The molecule has 0 radical (unpaired) electrons. The van der Waals surface area contributed by atoms with E-state index in [9.17, 15) is 4.79 Å². The Morgan fingerprint density at radius 3 is 2.89 bits per heavy atom. The summed E-state index contributed by atoms with van der Waals surface area (Å²) in [5, 5.41) is 14.0. The first-order valence-electron chi connectivity index (χ1n) is 9.03. The zero-order valence-corrected chi connectivity index (χ0v) is 15.6. The Hall–Kier alpha value is -3.00. The number of nitrogens with one attached hydrogen (secondary N) is 3. The normalized spacial score (nSPS) is 16.0. The summed E-state index contributed by atoms with van der Waals surface area (Å²) in [5.41, 5.74) is 4.72. The number of anilines is 1. The second-order valence-corrected chi connectivity index (χ2v) is 6.76. The summed E-state index contributed by atoms with van der Waals surface area (Å²) >= 11 is 0. The molecule has 3 heterocycles. The number of aromatic nitrogens is 2. The molecule has 0 aliphatic carbocycles. The van der Waals surface area contributed by atoms with Crippen LogP contribution in [-0.4, -0.2) is 47.1 Å². The molecule has 27 heavy (non-hydrogen) atoms. The maximum Gasteiger partial charge on any atom is 0.244 e. The number of nitrogens with zero attached hydrogens (tertiary/aromatic N) is 3. The van der Waals surface area contributed by atoms with Crippen molar-refractivity contribution in [3.8, 4) is 0 Å². The van der Waals surface area contributed by atoms with Crippen molar-refractivity contribution >= 4 is 11.6 Å². The highest BCUT2D eigenvalue weighted by Crippen LogP contribution is 2.21. The van der Waals surface area contributed by atoms with E-state index < -0.39 is 0 Å². The lowest BCUT2D eigenvalue weighted by Gasteiger charge is -2.23. The number of carbonyl (C=O) groups is 1. The lowest BCUT2D eigenvalue weighted by molar-refractivity contribution is -0.117. The third-order valence-corrected chi connectivity index (χ3v) is 4.86. The van der Waals surface area contributed by atoms with E-state index in [1.54, 1.807) is 0 Å². The maximum absolute atomic E-state index is 12.6. The average Bonchev–Trinajstić information content (AvgIpc) is 3.19. The number of aryl methyl sites for hydroxylation is 1. The van der Waals surface area contributed by atoms with E-state index in [0.29, 0.717) is 26.6 Å². The second kappa shape index (κ2) is 7.32. The van der Waals surface area contributed by atoms with Crippen molar-refractivity contribution in [2.45, 2.75) is 20.4 Å². The van der Waals surface area contributed by atoms with Crippen LogP contribution in [0.4, 0.5) is 5.69 Å². The molecule has 0 spiro atoms. The first-order valence-corrected chi connectivity index (χ1v) is 9.03. The van der Waals surface area contributed by atoms with E-state index >= 15 is 0 Å². The zero-order valence-electron chi connectivity index (χ0n) is 15.6. The number of amides is 1. The number of rotatable bonds is 5. The van der Waals surface area contributed by atoms with Crippen molar-refractivity contribution in [3.05, 3.63) is 58.8 Å². The largest absolute Gasteiger partial charge is 0.355 e. The fourth-order valence-electron chi connectivity index (χ4n) is 3.42. The molecule has 8 nitrogen and oxygen atoms in total. The molecule has 0 unspecified atom stereocenters. The molecule has 0 bridgehead atoms. The summed E-state index contributed by atoms with van der Waals surface area (Å²) < 4.78 is 7.34. The van der Waals surface area contributed by atoms with E-state index in [2.05, 4.69) is 33.2 Å². The van der Waals surface area contributed by atoms with Crippen LogP contribution in [0.15, 0.2) is 41.8 Å². The highest BCUT2D eigenvalue weighted by molar-refractivity contribution is 5.93. The number of hydrogen-bond acceptors (Lipinski definition) is 6. The molecule has 0 atom stereocenters. The van der Waals surface area contributed by atoms with Crippen LogP contribution >= 0.6 is 0 Å². The standard InChI is InChI=1S/C19H24N6O2/c1-13-18(14(2)25(23-13)8-15-6-4-3-5-7-15)22-17(26)9-24-11-20-19-16(24)10-27-12-21-19/h3-7,20-21H,8-12H2,1-2H3,(H,22,26). The van der Waals surface area contributed by atoms with Gasteiger partial charge in [0.25, 0.3) is 0 Å². The van der Waals surface area contributed by atoms with Gasteiger partial charge in [0, 0.05) is 0 Å². The molecule has 1 aromatic carbocycles. The zero-order chi connectivity index (χ0) is 18.8. The third kappa shape index (κ3) is 3.61. The average molecular weight is 368 g/mol. The Balaban J connectivity index is 1.43. The summed E-state index contributed by atoms with van der Waals surface area (Å²) in [7, 11) is 0. The fraction of sp³-hybridized carbons (Fsp3) is 0.368. The Morgan fingerprint density at radius 1 is 1.26 bits per heavy atom. The molecule has 8 heteroatoms. The predicted molar refractivity (Wildman–Crippen MR) is 102 cm³/mol. The quantitative estimate of drug-likeness (QED) is 0.733. The topological polar surface area (TPSA) is 83.5 Å². The molecule has 0 saturated heterocycles. The van der Waals surface area contributed by atoms with Gasteiger partial charge < -0.3 is 25.6 Å². The van der Waals surface area contributed by atoms with Crippen molar-refractivity contribution in [1.29, 1.82) is 0 Å². The van der Waals surface area contributed by atoms with Gasteiger partial charge in [0.2, 0.25) is 5.91 Å². The molecule has 1 aromatic heterocycles. The lowest BCUT2D eigenvalue weighted by Crippen LogP contribution is -2.35. The Kier molecular flexibility index (Phi) is 4.72. The van der Waals surface area contributed by atoms with Crippen molar-refractivity contribution < 1.29 is 9.53 Å².